The Morgan fingerprint density at radius 1 is 1.59 bits per heavy atom. The van der Waals surface area contributed by atoms with Gasteiger partial charge < -0.3 is 20.1 Å². The Bertz CT molecular complexity index is 412. The van der Waals surface area contributed by atoms with Crippen molar-refractivity contribution in [2.45, 2.75) is 25.4 Å². The number of hydrogen-bond donors (Lipinski definition) is 1. The fourth-order valence-electron chi connectivity index (χ4n) is 2.14. The fourth-order valence-corrected chi connectivity index (χ4v) is 2.14. The molecule has 0 radical (unpaired) electrons. The number of nitrogens with zero attached hydrogens (tertiary/aromatic N) is 3. The van der Waals surface area contributed by atoms with Gasteiger partial charge in [-0.05, 0) is 22.4 Å². The maximum Gasteiger partial charge on any atom is 0.363 e. The highest BCUT2D eigenvalue weighted by atomic mass is 16.6. The number of rotatable bonds is 4. The molecule has 0 spiro atoms. The lowest BCUT2D eigenvalue weighted by atomic mass is 9.89. The summed E-state index contributed by atoms with van der Waals surface area (Å²) in [6.07, 6.45) is 3.20. The summed E-state index contributed by atoms with van der Waals surface area (Å²) in [5, 5.41) is 20.5. The van der Waals surface area contributed by atoms with Gasteiger partial charge in [-0.25, -0.2) is 0 Å². The third-order valence-electron chi connectivity index (χ3n) is 2.97. The van der Waals surface area contributed by atoms with Crippen LogP contribution in [0.4, 0.5) is 11.5 Å². The molecule has 2 heterocycles. The first-order valence-electron chi connectivity index (χ1n) is 5.62. The van der Waals surface area contributed by atoms with Crippen LogP contribution in [-0.4, -0.2) is 33.7 Å². The van der Waals surface area contributed by atoms with Crippen molar-refractivity contribution in [1.29, 1.82) is 0 Å². The maximum absolute atomic E-state index is 10.4. The SMILES string of the molecule is CCCC1(O)CN(c2ccc([N+](=O)[O-])nc2)C1. The Labute approximate surface area is 99.0 Å². The molecule has 0 aliphatic carbocycles. The van der Waals surface area contributed by atoms with E-state index in [1.807, 2.05) is 11.8 Å². The van der Waals surface area contributed by atoms with Crippen molar-refractivity contribution in [1.82, 2.24) is 4.98 Å². The summed E-state index contributed by atoms with van der Waals surface area (Å²) in [6.45, 7) is 3.18. The molecule has 6 heteroatoms. The van der Waals surface area contributed by atoms with Crippen molar-refractivity contribution in [2.24, 2.45) is 0 Å². The largest absolute Gasteiger partial charge is 0.386 e. The van der Waals surface area contributed by atoms with Crippen LogP contribution >= 0.6 is 0 Å². The average molecular weight is 237 g/mol. The van der Waals surface area contributed by atoms with Gasteiger partial charge in [-0.15, -0.1) is 0 Å². The van der Waals surface area contributed by atoms with Gasteiger partial charge in [-0.3, -0.25) is 0 Å². The quantitative estimate of drug-likeness (QED) is 0.631. The number of nitro groups is 1. The Morgan fingerprint density at radius 2 is 2.29 bits per heavy atom. The molecular formula is C11H15N3O3. The van der Waals surface area contributed by atoms with Crippen LogP contribution in [0, 0.1) is 10.1 Å². The van der Waals surface area contributed by atoms with Crippen LogP contribution in [-0.2, 0) is 0 Å². The van der Waals surface area contributed by atoms with E-state index in [0.29, 0.717) is 13.1 Å². The molecule has 1 aromatic rings. The van der Waals surface area contributed by atoms with E-state index in [2.05, 4.69) is 4.98 Å². The van der Waals surface area contributed by atoms with Gasteiger partial charge in [-0.2, -0.15) is 0 Å². The molecule has 2 rings (SSSR count). The van der Waals surface area contributed by atoms with E-state index in [9.17, 15) is 15.2 Å². The van der Waals surface area contributed by atoms with Crippen LogP contribution < -0.4 is 4.90 Å². The van der Waals surface area contributed by atoms with E-state index < -0.39 is 10.5 Å². The van der Waals surface area contributed by atoms with Crippen LogP contribution in [0.1, 0.15) is 19.8 Å². The number of β-amino-alcohol motifs (C(OH)–C–C–N with tert-alkyl or cyclic N) is 1. The van der Waals surface area contributed by atoms with Gasteiger partial charge in [0.2, 0.25) is 0 Å². The molecular weight excluding hydrogens is 222 g/mol. The highest BCUT2D eigenvalue weighted by Gasteiger charge is 2.40. The predicted octanol–water partition coefficient (Wildman–Crippen LogP) is 1.34. The standard InChI is InChI=1S/C11H15N3O3/c1-2-5-11(15)7-13(8-11)9-3-4-10(12-6-9)14(16)17/h3-4,6,15H,2,5,7-8H2,1H3. The number of aromatic nitrogens is 1. The van der Waals surface area contributed by atoms with Gasteiger partial charge in [0.25, 0.3) is 0 Å². The third kappa shape index (κ3) is 2.36. The van der Waals surface area contributed by atoms with E-state index in [0.717, 1.165) is 18.5 Å². The Morgan fingerprint density at radius 3 is 2.76 bits per heavy atom. The molecule has 1 saturated heterocycles. The molecule has 0 aromatic carbocycles. The van der Waals surface area contributed by atoms with Crippen LogP contribution in [0.25, 0.3) is 0 Å². The summed E-state index contributed by atoms with van der Waals surface area (Å²) in [4.78, 5) is 15.6. The van der Waals surface area contributed by atoms with Crippen LogP contribution in [0.5, 0.6) is 0 Å². The lowest BCUT2D eigenvalue weighted by Gasteiger charge is -2.47. The lowest BCUT2D eigenvalue weighted by molar-refractivity contribution is -0.389. The summed E-state index contributed by atoms with van der Waals surface area (Å²) in [7, 11) is 0. The molecule has 0 saturated carbocycles. The van der Waals surface area contributed by atoms with Gasteiger partial charge in [-0.1, -0.05) is 13.3 Å². The summed E-state index contributed by atoms with van der Waals surface area (Å²) in [6, 6.07) is 3.04. The van der Waals surface area contributed by atoms with E-state index in [1.165, 1.54) is 12.3 Å². The van der Waals surface area contributed by atoms with Crippen LogP contribution in [0.15, 0.2) is 18.3 Å². The molecule has 6 nitrogen and oxygen atoms in total. The van der Waals surface area contributed by atoms with E-state index in [1.54, 1.807) is 6.07 Å². The molecule has 0 atom stereocenters. The van der Waals surface area contributed by atoms with E-state index in [4.69, 9.17) is 0 Å². The summed E-state index contributed by atoms with van der Waals surface area (Å²) in [5.41, 5.74) is 0.215. The zero-order valence-electron chi connectivity index (χ0n) is 9.67. The zero-order chi connectivity index (χ0) is 12.5. The van der Waals surface area contributed by atoms with Crippen molar-refractivity contribution in [3.05, 3.63) is 28.4 Å². The number of hydrogen-bond acceptors (Lipinski definition) is 5. The van der Waals surface area contributed by atoms with Gasteiger partial charge in [0.1, 0.15) is 0 Å². The molecule has 0 bridgehead atoms. The van der Waals surface area contributed by atoms with Gasteiger partial charge in [0, 0.05) is 19.2 Å². The smallest absolute Gasteiger partial charge is 0.363 e. The van der Waals surface area contributed by atoms with Crippen molar-refractivity contribution < 1.29 is 10.0 Å². The van der Waals surface area contributed by atoms with Gasteiger partial charge in [0.05, 0.1) is 11.3 Å². The van der Waals surface area contributed by atoms with Gasteiger partial charge >= 0.3 is 5.82 Å². The molecule has 1 aliphatic rings. The molecule has 92 valence electrons. The topological polar surface area (TPSA) is 79.5 Å². The first kappa shape index (κ1) is 11.8. The minimum absolute atomic E-state index is 0.155. The normalized spacial score (nSPS) is 17.6. The number of pyridine rings is 1. The highest BCUT2D eigenvalue weighted by Crippen LogP contribution is 2.30. The molecule has 1 aliphatic heterocycles. The monoisotopic (exact) mass is 237 g/mol. The molecule has 1 aromatic heterocycles. The molecule has 0 unspecified atom stereocenters. The highest BCUT2D eigenvalue weighted by molar-refractivity contribution is 5.50. The van der Waals surface area contributed by atoms with Gasteiger partial charge in [0.15, 0.2) is 6.20 Å². The number of aliphatic hydroxyl groups is 1. The van der Waals surface area contributed by atoms with Crippen molar-refractivity contribution in [2.75, 3.05) is 18.0 Å². The molecule has 1 fully saturated rings. The minimum atomic E-state index is -0.601. The van der Waals surface area contributed by atoms with Crippen molar-refractivity contribution >= 4 is 11.5 Å². The average Bonchev–Trinajstić information content (AvgIpc) is 2.26. The van der Waals surface area contributed by atoms with Crippen LogP contribution in [0.2, 0.25) is 0 Å². The first-order valence-corrected chi connectivity index (χ1v) is 5.62. The maximum atomic E-state index is 10.4. The summed E-state index contributed by atoms with van der Waals surface area (Å²) in [5.74, 6) is -0.155. The fraction of sp³-hybridized carbons (Fsp3) is 0.545. The second-order valence-corrected chi connectivity index (χ2v) is 4.46. The Balaban J connectivity index is 1.99. The molecule has 0 amide bonds. The first-order chi connectivity index (χ1) is 8.04. The van der Waals surface area contributed by atoms with E-state index in [-0.39, 0.29) is 5.82 Å². The van der Waals surface area contributed by atoms with Crippen molar-refractivity contribution in [3.63, 3.8) is 0 Å². The summed E-state index contributed by atoms with van der Waals surface area (Å²) < 4.78 is 0. The minimum Gasteiger partial charge on any atom is -0.386 e. The zero-order valence-corrected chi connectivity index (χ0v) is 9.67. The number of anilines is 1. The Kier molecular flexibility index (Phi) is 2.97. The predicted molar refractivity (Wildman–Crippen MR) is 63.0 cm³/mol. The molecule has 1 N–H and O–H groups in total. The third-order valence-corrected chi connectivity index (χ3v) is 2.97. The second kappa shape index (κ2) is 4.29. The van der Waals surface area contributed by atoms with E-state index >= 15 is 0 Å². The lowest BCUT2D eigenvalue weighted by Crippen LogP contribution is -2.61. The second-order valence-electron chi connectivity index (χ2n) is 4.46. The Hall–Kier alpha value is -1.69. The van der Waals surface area contributed by atoms with Crippen molar-refractivity contribution in [3.8, 4) is 0 Å². The van der Waals surface area contributed by atoms with Crippen LogP contribution in [0.3, 0.4) is 0 Å². The summed E-state index contributed by atoms with van der Waals surface area (Å²) >= 11 is 0. The molecule has 17 heavy (non-hydrogen) atoms.